The number of aromatic nitrogens is 2. The Hall–Kier alpha value is -3.16. The van der Waals surface area contributed by atoms with Crippen molar-refractivity contribution in [1.82, 2.24) is 9.78 Å². The Morgan fingerprint density at radius 3 is 2.61 bits per heavy atom. The Balaban J connectivity index is 2.24. The largest absolute Gasteiger partial charge is 0.506 e. The number of carboxylic acids is 1. The van der Waals surface area contributed by atoms with Gasteiger partial charge in [-0.1, -0.05) is 6.92 Å². The molecule has 8 heteroatoms. The average molecular weight is 317 g/mol. The zero-order chi connectivity index (χ0) is 17.0. The maximum atomic E-state index is 12.1. The molecule has 1 aromatic heterocycles. The minimum absolute atomic E-state index is 0.0137. The number of hydrogen-bond acceptors (Lipinski definition) is 5. The molecule has 2 aromatic rings. The molecule has 0 spiro atoms. The van der Waals surface area contributed by atoms with Crippen LogP contribution < -0.4 is 10.9 Å². The lowest BCUT2D eigenvalue weighted by molar-refractivity contribution is 0.0696. The highest BCUT2D eigenvalue weighted by atomic mass is 16.4. The van der Waals surface area contributed by atoms with Gasteiger partial charge in [-0.25, -0.2) is 9.48 Å². The number of amides is 1. The van der Waals surface area contributed by atoms with Crippen molar-refractivity contribution >= 4 is 17.6 Å². The van der Waals surface area contributed by atoms with Crippen LogP contribution >= 0.6 is 0 Å². The Morgan fingerprint density at radius 2 is 2.00 bits per heavy atom. The summed E-state index contributed by atoms with van der Waals surface area (Å²) in [5.74, 6) is -2.18. The van der Waals surface area contributed by atoms with Crippen LogP contribution in [0.4, 0.5) is 5.69 Å². The van der Waals surface area contributed by atoms with Crippen molar-refractivity contribution in [1.29, 1.82) is 0 Å². The molecule has 1 aromatic carbocycles. The number of benzene rings is 1. The number of phenols is 1. The van der Waals surface area contributed by atoms with Crippen molar-refractivity contribution in [3.63, 3.8) is 0 Å². The van der Waals surface area contributed by atoms with Gasteiger partial charge in [0.1, 0.15) is 11.4 Å². The average Bonchev–Trinajstić information content (AvgIpc) is 2.51. The molecule has 0 saturated carbocycles. The normalized spacial score (nSPS) is 10.3. The summed E-state index contributed by atoms with van der Waals surface area (Å²) in [5, 5.41) is 25.0. The number of nitrogens with zero attached hydrogens (tertiary/aromatic N) is 2. The number of rotatable bonds is 5. The van der Waals surface area contributed by atoms with Crippen LogP contribution in [0.1, 0.15) is 34.2 Å². The van der Waals surface area contributed by atoms with Crippen LogP contribution in [0.5, 0.6) is 5.75 Å². The molecule has 0 radical (unpaired) electrons. The first kappa shape index (κ1) is 16.2. The minimum atomic E-state index is -1.19. The van der Waals surface area contributed by atoms with Gasteiger partial charge in [-0.15, -0.1) is 0 Å². The molecular formula is C15H15N3O5. The van der Waals surface area contributed by atoms with Gasteiger partial charge < -0.3 is 15.5 Å². The third kappa shape index (κ3) is 3.73. The molecular weight excluding hydrogens is 302 g/mol. The Labute approximate surface area is 131 Å². The number of anilines is 1. The van der Waals surface area contributed by atoms with Gasteiger partial charge in [0.25, 0.3) is 11.5 Å². The van der Waals surface area contributed by atoms with Crippen LogP contribution in [-0.2, 0) is 6.54 Å². The number of carbonyl (C=O) groups is 2. The highest BCUT2D eigenvalue weighted by molar-refractivity contribution is 6.03. The van der Waals surface area contributed by atoms with Crippen LogP contribution in [0, 0.1) is 0 Å². The van der Waals surface area contributed by atoms with E-state index in [0.717, 1.165) is 6.07 Å². The first-order chi connectivity index (χ1) is 10.9. The summed E-state index contributed by atoms with van der Waals surface area (Å²) in [6, 6.07) is 6.09. The fourth-order valence-corrected chi connectivity index (χ4v) is 1.90. The molecule has 23 heavy (non-hydrogen) atoms. The summed E-state index contributed by atoms with van der Waals surface area (Å²) in [5.41, 5.74) is -0.345. The van der Waals surface area contributed by atoms with E-state index in [1.807, 2.05) is 6.92 Å². The van der Waals surface area contributed by atoms with Crippen LogP contribution in [0.25, 0.3) is 0 Å². The summed E-state index contributed by atoms with van der Waals surface area (Å²) in [7, 11) is 0. The Kier molecular flexibility index (Phi) is 4.75. The van der Waals surface area contributed by atoms with Crippen LogP contribution in [0.2, 0.25) is 0 Å². The highest BCUT2D eigenvalue weighted by Gasteiger charge is 2.13. The maximum absolute atomic E-state index is 12.1. The highest BCUT2D eigenvalue weighted by Crippen LogP contribution is 2.24. The monoisotopic (exact) mass is 317 g/mol. The smallest absolute Gasteiger partial charge is 0.335 e. The van der Waals surface area contributed by atoms with Crippen molar-refractivity contribution in [2.24, 2.45) is 0 Å². The minimum Gasteiger partial charge on any atom is -0.506 e. The van der Waals surface area contributed by atoms with E-state index in [9.17, 15) is 19.5 Å². The molecule has 0 saturated heterocycles. The van der Waals surface area contributed by atoms with Gasteiger partial charge in [-0.05, 0) is 30.7 Å². The predicted molar refractivity (Wildman–Crippen MR) is 81.8 cm³/mol. The molecule has 3 N–H and O–H groups in total. The van der Waals surface area contributed by atoms with Crippen molar-refractivity contribution in [2.75, 3.05) is 5.32 Å². The zero-order valence-corrected chi connectivity index (χ0v) is 12.3. The lowest BCUT2D eigenvalue weighted by atomic mass is 10.2. The van der Waals surface area contributed by atoms with Gasteiger partial charge in [-0.3, -0.25) is 9.59 Å². The molecule has 1 amide bonds. The van der Waals surface area contributed by atoms with Crippen LogP contribution in [-0.4, -0.2) is 31.9 Å². The summed E-state index contributed by atoms with van der Waals surface area (Å²) in [6.07, 6.45) is 0.690. The van der Waals surface area contributed by atoms with Gasteiger partial charge in [-0.2, -0.15) is 5.10 Å². The number of hydrogen-bond donors (Lipinski definition) is 3. The van der Waals surface area contributed by atoms with Crippen LogP contribution in [0.3, 0.4) is 0 Å². The number of aromatic carboxylic acids is 1. The number of aromatic hydroxyl groups is 1. The lowest BCUT2D eigenvalue weighted by Crippen LogP contribution is -2.26. The van der Waals surface area contributed by atoms with E-state index in [2.05, 4.69) is 10.4 Å². The summed E-state index contributed by atoms with van der Waals surface area (Å²) < 4.78 is 1.18. The fraction of sp³-hybridized carbons (Fsp3) is 0.200. The number of aryl methyl sites for hydroxylation is 1. The standard InChI is InChI=1S/C15H15N3O5/c1-2-7-18-13(20)6-5-11(17-18)14(21)16-10-4-3-9(15(22)23)8-12(10)19/h3-6,8,19H,2,7H2,1H3,(H,16,21)(H,22,23). The van der Waals surface area contributed by atoms with Crippen LogP contribution in [0.15, 0.2) is 35.1 Å². The first-order valence-electron chi connectivity index (χ1n) is 6.88. The Bertz CT molecular complexity index is 813. The van der Waals surface area contributed by atoms with E-state index in [0.29, 0.717) is 13.0 Å². The third-order valence-corrected chi connectivity index (χ3v) is 3.03. The third-order valence-electron chi connectivity index (χ3n) is 3.03. The maximum Gasteiger partial charge on any atom is 0.335 e. The van der Waals surface area contributed by atoms with Crippen molar-refractivity contribution < 1.29 is 19.8 Å². The number of phenolic OH excluding ortho intramolecular Hbond substituents is 1. The van der Waals surface area contributed by atoms with Gasteiger partial charge in [0.2, 0.25) is 0 Å². The first-order valence-corrected chi connectivity index (χ1v) is 6.88. The van der Waals surface area contributed by atoms with E-state index in [-0.39, 0.29) is 28.3 Å². The molecule has 1 heterocycles. The van der Waals surface area contributed by atoms with Gasteiger partial charge in [0.15, 0.2) is 0 Å². The van der Waals surface area contributed by atoms with Crippen molar-refractivity contribution in [2.45, 2.75) is 19.9 Å². The zero-order valence-electron chi connectivity index (χ0n) is 12.3. The molecule has 120 valence electrons. The van der Waals surface area contributed by atoms with E-state index in [1.54, 1.807) is 0 Å². The van der Waals surface area contributed by atoms with E-state index in [4.69, 9.17) is 5.11 Å². The SMILES string of the molecule is CCCn1nc(C(=O)Nc2ccc(C(=O)O)cc2O)ccc1=O. The second-order valence-electron chi connectivity index (χ2n) is 4.77. The van der Waals surface area contributed by atoms with E-state index in [1.165, 1.54) is 28.9 Å². The van der Waals surface area contributed by atoms with E-state index >= 15 is 0 Å². The van der Waals surface area contributed by atoms with E-state index < -0.39 is 11.9 Å². The van der Waals surface area contributed by atoms with Crippen molar-refractivity contribution in [3.05, 3.63) is 51.9 Å². The molecule has 0 aliphatic rings. The quantitative estimate of drug-likeness (QED) is 0.715. The summed E-state index contributed by atoms with van der Waals surface area (Å²) in [6.45, 7) is 2.27. The Morgan fingerprint density at radius 1 is 1.26 bits per heavy atom. The lowest BCUT2D eigenvalue weighted by Gasteiger charge is -2.09. The molecule has 0 unspecified atom stereocenters. The number of carboxylic acid groups (broad SMARTS) is 1. The number of nitrogens with one attached hydrogen (secondary N) is 1. The molecule has 2 rings (SSSR count). The summed E-state index contributed by atoms with van der Waals surface area (Å²) >= 11 is 0. The molecule has 0 bridgehead atoms. The van der Waals surface area contributed by atoms with Gasteiger partial charge >= 0.3 is 5.97 Å². The van der Waals surface area contributed by atoms with Gasteiger partial charge in [0, 0.05) is 12.6 Å². The summed E-state index contributed by atoms with van der Waals surface area (Å²) in [4.78, 5) is 34.5. The topological polar surface area (TPSA) is 122 Å². The number of carbonyl (C=O) groups excluding carboxylic acids is 1. The van der Waals surface area contributed by atoms with Gasteiger partial charge in [0.05, 0.1) is 11.3 Å². The molecule has 8 nitrogen and oxygen atoms in total. The second kappa shape index (κ2) is 6.73. The predicted octanol–water partition coefficient (Wildman–Crippen LogP) is 1.31. The second-order valence-corrected chi connectivity index (χ2v) is 4.77. The fourth-order valence-electron chi connectivity index (χ4n) is 1.90. The molecule has 0 fully saturated rings. The molecule has 0 aliphatic heterocycles. The molecule has 0 aliphatic carbocycles. The molecule has 0 atom stereocenters. The van der Waals surface area contributed by atoms with Crippen molar-refractivity contribution in [3.8, 4) is 5.75 Å².